The number of aryl methyl sites for hydroxylation is 1. The first-order chi connectivity index (χ1) is 9.66. The average Bonchev–Trinajstić information content (AvgIpc) is 3.10. The van der Waals surface area contributed by atoms with Gasteiger partial charge in [-0.25, -0.2) is 4.98 Å². The predicted octanol–water partition coefficient (Wildman–Crippen LogP) is 1.47. The maximum Gasteiger partial charge on any atom is 0.255 e. The smallest absolute Gasteiger partial charge is 0.255 e. The maximum absolute atomic E-state index is 12.6. The van der Waals surface area contributed by atoms with Crippen molar-refractivity contribution in [1.29, 1.82) is 0 Å². The van der Waals surface area contributed by atoms with Gasteiger partial charge in [-0.3, -0.25) is 9.89 Å². The Morgan fingerprint density at radius 2 is 2.35 bits per heavy atom. The molecule has 106 valence electrons. The molecule has 0 aromatic carbocycles. The van der Waals surface area contributed by atoms with E-state index in [-0.39, 0.29) is 11.8 Å². The number of aromatic amines is 1. The molecule has 1 aliphatic heterocycles. The molecule has 0 spiro atoms. The fourth-order valence-corrected chi connectivity index (χ4v) is 2.80. The SMILES string of the molecule is Cc1c(C(=O)N2CCC[C@H](c3ncn[nH]3)C2)ccn1C. The molecule has 3 rings (SSSR count). The first-order valence-corrected chi connectivity index (χ1v) is 6.93. The Balaban J connectivity index is 1.77. The van der Waals surface area contributed by atoms with Crippen LogP contribution in [0.25, 0.3) is 0 Å². The summed E-state index contributed by atoms with van der Waals surface area (Å²) >= 11 is 0. The summed E-state index contributed by atoms with van der Waals surface area (Å²) in [5.41, 5.74) is 1.81. The molecule has 6 heteroatoms. The summed E-state index contributed by atoms with van der Waals surface area (Å²) in [5.74, 6) is 1.26. The number of nitrogens with one attached hydrogen (secondary N) is 1. The molecule has 1 saturated heterocycles. The second kappa shape index (κ2) is 5.11. The third-order valence-corrected chi connectivity index (χ3v) is 4.14. The molecule has 3 heterocycles. The quantitative estimate of drug-likeness (QED) is 0.901. The summed E-state index contributed by atoms with van der Waals surface area (Å²) in [6, 6.07) is 1.90. The van der Waals surface area contributed by atoms with E-state index in [2.05, 4.69) is 15.2 Å². The van der Waals surface area contributed by atoms with Crippen LogP contribution in [0.2, 0.25) is 0 Å². The normalized spacial score (nSPS) is 19.3. The van der Waals surface area contributed by atoms with Crippen molar-refractivity contribution in [2.24, 2.45) is 7.05 Å². The van der Waals surface area contributed by atoms with Crippen LogP contribution < -0.4 is 0 Å². The van der Waals surface area contributed by atoms with Crippen molar-refractivity contribution < 1.29 is 4.79 Å². The van der Waals surface area contributed by atoms with Crippen LogP contribution in [0.1, 0.15) is 40.6 Å². The van der Waals surface area contributed by atoms with Gasteiger partial charge in [-0.2, -0.15) is 5.10 Å². The number of rotatable bonds is 2. The van der Waals surface area contributed by atoms with Crippen LogP contribution in [-0.2, 0) is 7.05 Å². The van der Waals surface area contributed by atoms with Gasteiger partial charge in [0.2, 0.25) is 0 Å². The van der Waals surface area contributed by atoms with E-state index >= 15 is 0 Å². The van der Waals surface area contributed by atoms with Gasteiger partial charge in [0.15, 0.2) is 0 Å². The zero-order valence-corrected chi connectivity index (χ0v) is 11.8. The van der Waals surface area contributed by atoms with Crippen LogP contribution >= 0.6 is 0 Å². The second-order valence-corrected chi connectivity index (χ2v) is 5.39. The minimum Gasteiger partial charge on any atom is -0.354 e. The van der Waals surface area contributed by atoms with Crippen molar-refractivity contribution in [2.45, 2.75) is 25.7 Å². The standard InChI is InChI=1S/C14H19N5O/c1-10-12(5-7-18(10)2)14(20)19-6-3-4-11(8-19)13-15-9-16-17-13/h5,7,9,11H,3-4,6,8H2,1-2H3,(H,15,16,17)/t11-/m0/s1. The highest BCUT2D eigenvalue weighted by Crippen LogP contribution is 2.25. The molecule has 0 bridgehead atoms. The van der Waals surface area contributed by atoms with Crippen molar-refractivity contribution in [1.82, 2.24) is 24.6 Å². The van der Waals surface area contributed by atoms with E-state index in [1.807, 2.05) is 35.7 Å². The van der Waals surface area contributed by atoms with E-state index in [0.29, 0.717) is 6.54 Å². The van der Waals surface area contributed by atoms with E-state index in [1.165, 1.54) is 6.33 Å². The van der Waals surface area contributed by atoms with E-state index in [0.717, 1.165) is 36.5 Å². The Hall–Kier alpha value is -2.11. The van der Waals surface area contributed by atoms with E-state index in [4.69, 9.17) is 0 Å². The molecule has 0 aliphatic carbocycles. The number of amides is 1. The minimum absolute atomic E-state index is 0.118. The highest BCUT2D eigenvalue weighted by atomic mass is 16.2. The molecule has 20 heavy (non-hydrogen) atoms. The zero-order chi connectivity index (χ0) is 14.1. The van der Waals surface area contributed by atoms with Crippen molar-refractivity contribution in [3.63, 3.8) is 0 Å². The van der Waals surface area contributed by atoms with Gasteiger partial charge in [0.05, 0.1) is 5.56 Å². The molecule has 1 atom stereocenters. The van der Waals surface area contributed by atoms with Crippen molar-refractivity contribution >= 4 is 5.91 Å². The highest BCUT2D eigenvalue weighted by Gasteiger charge is 2.28. The van der Waals surface area contributed by atoms with Crippen LogP contribution in [0.3, 0.4) is 0 Å². The maximum atomic E-state index is 12.6. The van der Waals surface area contributed by atoms with Crippen LogP contribution in [-0.4, -0.2) is 43.6 Å². The van der Waals surface area contributed by atoms with Crippen LogP contribution in [0.15, 0.2) is 18.6 Å². The number of carbonyl (C=O) groups excluding carboxylic acids is 1. The predicted molar refractivity (Wildman–Crippen MR) is 74.4 cm³/mol. The van der Waals surface area contributed by atoms with Gasteiger partial charge < -0.3 is 9.47 Å². The number of hydrogen-bond acceptors (Lipinski definition) is 3. The van der Waals surface area contributed by atoms with Gasteiger partial charge in [-0.1, -0.05) is 0 Å². The topological polar surface area (TPSA) is 66.8 Å². The third-order valence-electron chi connectivity index (χ3n) is 4.14. The third kappa shape index (κ3) is 2.21. The fourth-order valence-electron chi connectivity index (χ4n) is 2.80. The fraction of sp³-hybridized carbons (Fsp3) is 0.500. The molecule has 6 nitrogen and oxygen atoms in total. The first-order valence-electron chi connectivity index (χ1n) is 6.93. The number of H-pyrrole nitrogens is 1. The largest absolute Gasteiger partial charge is 0.354 e. The summed E-state index contributed by atoms with van der Waals surface area (Å²) in [6.07, 6.45) is 5.51. The molecule has 1 aliphatic rings. The molecular weight excluding hydrogens is 254 g/mol. The lowest BCUT2D eigenvalue weighted by atomic mass is 9.97. The van der Waals surface area contributed by atoms with Crippen molar-refractivity contribution in [3.8, 4) is 0 Å². The molecule has 1 fully saturated rings. The van der Waals surface area contributed by atoms with E-state index < -0.39 is 0 Å². The lowest BCUT2D eigenvalue weighted by molar-refractivity contribution is 0.0704. The molecule has 0 saturated carbocycles. The average molecular weight is 273 g/mol. The Morgan fingerprint density at radius 1 is 1.50 bits per heavy atom. The number of aromatic nitrogens is 4. The monoisotopic (exact) mass is 273 g/mol. The second-order valence-electron chi connectivity index (χ2n) is 5.39. The zero-order valence-electron chi connectivity index (χ0n) is 11.8. The van der Waals surface area contributed by atoms with E-state index in [9.17, 15) is 4.79 Å². The summed E-state index contributed by atoms with van der Waals surface area (Å²) < 4.78 is 1.98. The Bertz CT molecular complexity index is 601. The molecular formula is C14H19N5O. The molecule has 2 aromatic heterocycles. The van der Waals surface area contributed by atoms with Gasteiger partial charge in [0.1, 0.15) is 12.2 Å². The van der Waals surface area contributed by atoms with Gasteiger partial charge in [-0.05, 0) is 25.8 Å². The highest BCUT2D eigenvalue weighted by molar-refractivity contribution is 5.95. The molecule has 1 amide bonds. The van der Waals surface area contributed by atoms with E-state index in [1.54, 1.807) is 0 Å². The number of piperidine rings is 1. The number of nitrogens with zero attached hydrogens (tertiary/aromatic N) is 4. The van der Waals surface area contributed by atoms with Gasteiger partial charge in [-0.15, -0.1) is 0 Å². The molecule has 0 unspecified atom stereocenters. The molecule has 1 N–H and O–H groups in total. The van der Waals surface area contributed by atoms with Crippen molar-refractivity contribution in [2.75, 3.05) is 13.1 Å². The molecule has 2 aromatic rings. The Kier molecular flexibility index (Phi) is 3.30. The Morgan fingerprint density at radius 3 is 3.00 bits per heavy atom. The number of carbonyl (C=O) groups is 1. The molecule has 0 radical (unpaired) electrons. The van der Waals surface area contributed by atoms with Crippen LogP contribution in [0.4, 0.5) is 0 Å². The number of hydrogen-bond donors (Lipinski definition) is 1. The van der Waals surface area contributed by atoms with Gasteiger partial charge in [0.25, 0.3) is 5.91 Å². The first kappa shape index (κ1) is 12.9. The Labute approximate surface area is 117 Å². The van der Waals surface area contributed by atoms with Gasteiger partial charge in [0, 0.05) is 37.9 Å². The summed E-state index contributed by atoms with van der Waals surface area (Å²) in [4.78, 5) is 18.8. The summed E-state index contributed by atoms with van der Waals surface area (Å²) in [5, 5.41) is 6.82. The van der Waals surface area contributed by atoms with Gasteiger partial charge >= 0.3 is 0 Å². The summed E-state index contributed by atoms with van der Waals surface area (Å²) in [6.45, 7) is 3.51. The van der Waals surface area contributed by atoms with Crippen LogP contribution in [0.5, 0.6) is 0 Å². The van der Waals surface area contributed by atoms with Crippen molar-refractivity contribution in [3.05, 3.63) is 35.7 Å². The minimum atomic E-state index is 0.118. The lowest BCUT2D eigenvalue weighted by Gasteiger charge is -2.31. The number of likely N-dealkylation sites (tertiary alicyclic amines) is 1. The summed E-state index contributed by atoms with van der Waals surface area (Å²) in [7, 11) is 1.96. The lowest BCUT2D eigenvalue weighted by Crippen LogP contribution is -2.39. The van der Waals surface area contributed by atoms with Crippen LogP contribution in [0, 0.1) is 6.92 Å².